The SMILES string of the molecule is CCc1ccccc1NC(=O)C(C)(C)C(=O)N1CCOCC1. The van der Waals surface area contributed by atoms with Crippen molar-refractivity contribution in [3.05, 3.63) is 29.8 Å². The fourth-order valence-corrected chi connectivity index (χ4v) is 2.49. The zero-order valence-corrected chi connectivity index (χ0v) is 13.5. The lowest BCUT2D eigenvalue weighted by molar-refractivity contribution is -0.149. The normalized spacial score (nSPS) is 15.5. The molecule has 0 bridgehead atoms. The first-order chi connectivity index (χ1) is 10.5. The number of benzene rings is 1. The average Bonchev–Trinajstić information content (AvgIpc) is 2.55. The lowest BCUT2D eigenvalue weighted by atomic mass is 9.89. The summed E-state index contributed by atoms with van der Waals surface area (Å²) in [5.74, 6) is -0.424. The number of para-hydroxylation sites is 1. The Morgan fingerprint density at radius 2 is 1.86 bits per heavy atom. The molecule has 2 amide bonds. The first kappa shape index (κ1) is 16.5. The van der Waals surface area contributed by atoms with E-state index in [-0.39, 0.29) is 11.8 Å². The summed E-state index contributed by atoms with van der Waals surface area (Å²) in [7, 11) is 0. The van der Waals surface area contributed by atoms with Crippen LogP contribution in [0.2, 0.25) is 0 Å². The molecular weight excluding hydrogens is 280 g/mol. The highest BCUT2D eigenvalue weighted by Crippen LogP contribution is 2.24. The van der Waals surface area contributed by atoms with Gasteiger partial charge in [-0.15, -0.1) is 0 Å². The third-order valence-electron chi connectivity index (χ3n) is 4.05. The summed E-state index contributed by atoms with van der Waals surface area (Å²) in [6.07, 6.45) is 0.828. The molecule has 1 aromatic rings. The fourth-order valence-electron chi connectivity index (χ4n) is 2.49. The molecule has 1 fully saturated rings. The maximum atomic E-state index is 12.6. The van der Waals surface area contributed by atoms with Crippen LogP contribution >= 0.6 is 0 Å². The van der Waals surface area contributed by atoms with E-state index in [1.54, 1.807) is 18.7 Å². The van der Waals surface area contributed by atoms with Gasteiger partial charge in [0.1, 0.15) is 5.41 Å². The summed E-state index contributed by atoms with van der Waals surface area (Å²) in [6, 6.07) is 7.67. The predicted octanol–water partition coefficient (Wildman–Crippen LogP) is 2.07. The highest BCUT2D eigenvalue weighted by atomic mass is 16.5. The molecule has 1 saturated heterocycles. The molecule has 5 nitrogen and oxygen atoms in total. The van der Waals surface area contributed by atoms with Gasteiger partial charge in [0.25, 0.3) is 0 Å². The van der Waals surface area contributed by atoms with Gasteiger partial charge < -0.3 is 15.0 Å². The zero-order chi connectivity index (χ0) is 16.2. The van der Waals surface area contributed by atoms with Gasteiger partial charge in [0.05, 0.1) is 13.2 Å². The van der Waals surface area contributed by atoms with Gasteiger partial charge in [0.15, 0.2) is 0 Å². The van der Waals surface area contributed by atoms with Crippen LogP contribution in [0, 0.1) is 5.41 Å². The molecule has 1 aromatic carbocycles. The minimum atomic E-state index is -1.10. The molecule has 2 rings (SSSR count). The summed E-state index contributed by atoms with van der Waals surface area (Å²) in [5, 5.41) is 2.90. The van der Waals surface area contributed by atoms with Crippen molar-refractivity contribution in [1.82, 2.24) is 4.90 Å². The number of hydrogen-bond acceptors (Lipinski definition) is 3. The molecule has 0 spiro atoms. The van der Waals surface area contributed by atoms with Crippen molar-refractivity contribution in [3.8, 4) is 0 Å². The summed E-state index contributed by atoms with van der Waals surface area (Å²) < 4.78 is 5.25. The van der Waals surface area contributed by atoms with Crippen LogP contribution in [0.15, 0.2) is 24.3 Å². The van der Waals surface area contributed by atoms with Crippen molar-refractivity contribution in [2.45, 2.75) is 27.2 Å². The number of carbonyl (C=O) groups excluding carboxylic acids is 2. The zero-order valence-electron chi connectivity index (χ0n) is 13.5. The number of rotatable bonds is 4. The first-order valence-electron chi connectivity index (χ1n) is 7.73. The molecule has 0 radical (unpaired) electrons. The number of nitrogens with zero attached hydrogens (tertiary/aromatic N) is 1. The van der Waals surface area contributed by atoms with Crippen molar-refractivity contribution >= 4 is 17.5 Å². The fraction of sp³-hybridized carbons (Fsp3) is 0.529. The number of hydrogen-bond donors (Lipinski definition) is 1. The third kappa shape index (κ3) is 3.47. The molecule has 0 atom stereocenters. The maximum absolute atomic E-state index is 12.6. The quantitative estimate of drug-likeness (QED) is 0.866. The van der Waals surface area contributed by atoms with Crippen molar-refractivity contribution in [1.29, 1.82) is 0 Å². The summed E-state index contributed by atoms with van der Waals surface area (Å²) >= 11 is 0. The Morgan fingerprint density at radius 1 is 1.23 bits per heavy atom. The molecular formula is C17H24N2O3. The third-order valence-corrected chi connectivity index (χ3v) is 4.05. The second kappa shape index (κ2) is 6.92. The van der Waals surface area contributed by atoms with Crippen LogP contribution in [0.5, 0.6) is 0 Å². The Bertz CT molecular complexity index is 549. The van der Waals surface area contributed by atoms with E-state index in [2.05, 4.69) is 5.32 Å². The topological polar surface area (TPSA) is 58.6 Å². The number of aryl methyl sites for hydroxylation is 1. The highest BCUT2D eigenvalue weighted by molar-refractivity contribution is 6.10. The van der Waals surface area contributed by atoms with E-state index < -0.39 is 5.41 Å². The standard InChI is InChI=1S/C17H24N2O3/c1-4-13-7-5-6-8-14(13)18-15(20)17(2,3)16(21)19-9-11-22-12-10-19/h5-8H,4,9-12H2,1-3H3,(H,18,20). The van der Waals surface area contributed by atoms with Gasteiger partial charge in [-0.3, -0.25) is 9.59 Å². The molecule has 1 aliphatic rings. The molecule has 0 unspecified atom stereocenters. The molecule has 0 saturated carbocycles. The molecule has 1 heterocycles. The molecule has 0 aromatic heterocycles. The molecule has 1 N–H and O–H groups in total. The Kier molecular flexibility index (Phi) is 5.19. The number of morpholine rings is 1. The second-order valence-electron chi connectivity index (χ2n) is 5.99. The number of ether oxygens (including phenoxy) is 1. The monoisotopic (exact) mass is 304 g/mol. The lowest BCUT2D eigenvalue weighted by Gasteiger charge is -2.33. The summed E-state index contributed by atoms with van der Waals surface area (Å²) in [6.45, 7) is 7.53. The van der Waals surface area contributed by atoms with Crippen LogP contribution in [-0.2, 0) is 20.7 Å². The minimum Gasteiger partial charge on any atom is -0.378 e. The molecule has 5 heteroatoms. The van der Waals surface area contributed by atoms with E-state index in [0.29, 0.717) is 26.3 Å². The van der Waals surface area contributed by atoms with Gasteiger partial charge in [0.2, 0.25) is 11.8 Å². The molecule has 22 heavy (non-hydrogen) atoms. The van der Waals surface area contributed by atoms with Crippen LogP contribution in [0.25, 0.3) is 0 Å². The Labute approximate surface area is 131 Å². The highest BCUT2D eigenvalue weighted by Gasteiger charge is 2.39. The Balaban J connectivity index is 2.11. The van der Waals surface area contributed by atoms with Gasteiger partial charge >= 0.3 is 0 Å². The average molecular weight is 304 g/mol. The van der Waals surface area contributed by atoms with Crippen molar-refractivity contribution in [2.24, 2.45) is 5.41 Å². The van der Waals surface area contributed by atoms with Crippen LogP contribution in [-0.4, -0.2) is 43.0 Å². The minimum absolute atomic E-state index is 0.151. The predicted molar refractivity (Wildman–Crippen MR) is 85.6 cm³/mol. The molecule has 120 valence electrons. The van der Waals surface area contributed by atoms with Crippen molar-refractivity contribution < 1.29 is 14.3 Å². The summed E-state index contributed by atoms with van der Waals surface area (Å²) in [5.41, 5.74) is 0.737. The van der Waals surface area contributed by atoms with E-state index in [1.807, 2.05) is 31.2 Å². The lowest BCUT2D eigenvalue weighted by Crippen LogP contribution is -2.51. The van der Waals surface area contributed by atoms with E-state index in [0.717, 1.165) is 17.7 Å². The van der Waals surface area contributed by atoms with E-state index in [1.165, 1.54) is 0 Å². The van der Waals surface area contributed by atoms with Gasteiger partial charge in [-0.25, -0.2) is 0 Å². The van der Waals surface area contributed by atoms with Gasteiger partial charge in [-0.05, 0) is 31.9 Å². The van der Waals surface area contributed by atoms with E-state index in [4.69, 9.17) is 4.74 Å². The molecule has 0 aliphatic carbocycles. The Morgan fingerprint density at radius 3 is 2.50 bits per heavy atom. The molecule has 1 aliphatic heterocycles. The number of nitrogens with one attached hydrogen (secondary N) is 1. The summed E-state index contributed by atoms with van der Waals surface area (Å²) in [4.78, 5) is 26.9. The van der Waals surface area contributed by atoms with Gasteiger partial charge in [0, 0.05) is 18.8 Å². The Hall–Kier alpha value is -1.88. The van der Waals surface area contributed by atoms with Crippen molar-refractivity contribution in [2.75, 3.05) is 31.6 Å². The smallest absolute Gasteiger partial charge is 0.239 e. The van der Waals surface area contributed by atoms with E-state index in [9.17, 15) is 9.59 Å². The number of amides is 2. The van der Waals surface area contributed by atoms with Crippen LogP contribution in [0.4, 0.5) is 5.69 Å². The van der Waals surface area contributed by atoms with Crippen LogP contribution < -0.4 is 5.32 Å². The van der Waals surface area contributed by atoms with E-state index >= 15 is 0 Å². The van der Waals surface area contributed by atoms with Gasteiger partial charge in [-0.2, -0.15) is 0 Å². The number of carbonyl (C=O) groups is 2. The maximum Gasteiger partial charge on any atom is 0.239 e. The van der Waals surface area contributed by atoms with Gasteiger partial charge in [-0.1, -0.05) is 25.1 Å². The second-order valence-corrected chi connectivity index (χ2v) is 5.99. The largest absolute Gasteiger partial charge is 0.378 e. The number of anilines is 1. The van der Waals surface area contributed by atoms with Crippen molar-refractivity contribution in [3.63, 3.8) is 0 Å². The first-order valence-corrected chi connectivity index (χ1v) is 7.73. The van der Waals surface area contributed by atoms with Crippen LogP contribution in [0.1, 0.15) is 26.3 Å². The van der Waals surface area contributed by atoms with Crippen LogP contribution in [0.3, 0.4) is 0 Å².